The van der Waals surface area contributed by atoms with Crippen molar-refractivity contribution in [1.29, 1.82) is 0 Å². The second-order valence-electron chi connectivity index (χ2n) is 5.42. The minimum absolute atomic E-state index is 0.199. The van der Waals surface area contributed by atoms with Crippen LogP contribution in [0.4, 0.5) is 0 Å². The number of rotatable bonds is 3. The first-order chi connectivity index (χ1) is 8.70. The van der Waals surface area contributed by atoms with E-state index in [2.05, 4.69) is 26.0 Å². The van der Waals surface area contributed by atoms with Gasteiger partial charge in [0.15, 0.2) is 0 Å². The quantitative estimate of drug-likeness (QED) is 0.798. The number of likely N-dealkylation sites (tertiary alicyclic amines) is 1. The first-order valence-corrected chi connectivity index (χ1v) is 7.09. The van der Waals surface area contributed by atoms with Crippen molar-refractivity contribution in [2.24, 2.45) is 5.92 Å². The molecule has 2 nitrogen and oxygen atoms in total. The average Bonchev–Trinajstić information content (AvgIpc) is 2.40. The summed E-state index contributed by atoms with van der Waals surface area (Å²) in [6, 6.07) is 8.13. The third kappa shape index (κ3) is 3.12. The maximum absolute atomic E-state index is 12.3. The Bertz CT molecular complexity index is 388. The number of carbonyl (C=O) groups excluding carboxylic acids is 1. The topological polar surface area (TPSA) is 20.3 Å². The molecule has 1 amide bonds. The molecule has 1 aliphatic rings. The van der Waals surface area contributed by atoms with Crippen LogP contribution in [-0.4, -0.2) is 23.9 Å². The molecule has 1 aromatic carbocycles. The molecule has 2 rings (SSSR count). The van der Waals surface area contributed by atoms with Gasteiger partial charge in [0.25, 0.3) is 5.91 Å². The Kier molecular flexibility index (Phi) is 4.40. The molecular weight excluding hydrogens is 222 g/mol. The predicted octanol–water partition coefficient (Wildman–Crippen LogP) is 3.51. The molecule has 18 heavy (non-hydrogen) atoms. The van der Waals surface area contributed by atoms with E-state index in [1.165, 1.54) is 5.56 Å². The van der Waals surface area contributed by atoms with Crippen molar-refractivity contribution in [3.05, 3.63) is 35.4 Å². The molecule has 0 aliphatic carbocycles. The van der Waals surface area contributed by atoms with Gasteiger partial charge in [0, 0.05) is 18.7 Å². The fraction of sp³-hybridized carbons (Fsp3) is 0.562. The smallest absolute Gasteiger partial charge is 0.253 e. The molecule has 0 spiro atoms. The first-order valence-electron chi connectivity index (χ1n) is 7.09. The van der Waals surface area contributed by atoms with Crippen LogP contribution in [0, 0.1) is 5.92 Å². The minimum Gasteiger partial charge on any atom is -0.339 e. The van der Waals surface area contributed by atoms with Crippen molar-refractivity contribution < 1.29 is 4.79 Å². The fourth-order valence-electron chi connectivity index (χ4n) is 2.50. The molecule has 0 atom stereocenters. The summed E-state index contributed by atoms with van der Waals surface area (Å²) in [6.07, 6.45) is 4.52. The van der Waals surface area contributed by atoms with Crippen LogP contribution in [0.5, 0.6) is 0 Å². The lowest BCUT2D eigenvalue weighted by molar-refractivity contribution is 0.0697. The van der Waals surface area contributed by atoms with Gasteiger partial charge in [-0.25, -0.2) is 0 Å². The van der Waals surface area contributed by atoms with E-state index < -0.39 is 0 Å². The summed E-state index contributed by atoms with van der Waals surface area (Å²) in [5, 5.41) is 0. The minimum atomic E-state index is 0.199. The van der Waals surface area contributed by atoms with Crippen LogP contribution in [-0.2, 0) is 6.42 Å². The molecule has 1 fully saturated rings. The molecule has 0 unspecified atom stereocenters. The van der Waals surface area contributed by atoms with Gasteiger partial charge in [-0.05, 0) is 42.9 Å². The predicted molar refractivity (Wildman–Crippen MR) is 74.7 cm³/mol. The Balaban J connectivity index is 2.00. The van der Waals surface area contributed by atoms with Gasteiger partial charge in [0.1, 0.15) is 0 Å². The van der Waals surface area contributed by atoms with Crippen LogP contribution in [0.25, 0.3) is 0 Å². The van der Waals surface area contributed by atoms with Gasteiger partial charge in [0.05, 0.1) is 0 Å². The summed E-state index contributed by atoms with van der Waals surface area (Å²) in [6.45, 7) is 6.27. The summed E-state index contributed by atoms with van der Waals surface area (Å²) in [5.41, 5.74) is 2.16. The number of aryl methyl sites for hydroxylation is 1. The van der Waals surface area contributed by atoms with Crippen molar-refractivity contribution in [1.82, 2.24) is 4.90 Å². The second-order valence-corrected chi connectivity index (χ2v) is 5.42. The maximum Gasteiger partial charge on any atom is 0.253 e. The third-order valence-electron chi connectivity index (χ3n) is 3.81. The van der Waals surface area contributed by atoms with E-state index in [1.807, 2.05) is 17.0 Å². The van der Waals surface area contributed by atoms with Crippen LogP contribution in [0.15, 0.2) is 24.3 Å². The average molecular weight is 245 g/mol. The van der Waals surface area contributed by atoms with E-state index in [-0.39, 0.29) is 5.91 Å². The normalized spacial score (nSPS) is 16.9. The van der Waals surface area contributed by atoms with Crippen LogP contribution in [0.3, 0.4) is 0 Å². The van der Waals surface area contributed by atoms with Crippen molar-refractivity contribution in [3.63, 3.8) is 0 Å². The zero-order chi connectivity index (χ0) is 13.0. The van der Waals surface area contributed by atoms with E-state index >= 15 is 0 Å². The Hall–Kier alpha value is -1.31. The molecule has 1 aliphatic heterocycles. The van der Waals surface area contributed by atoms with E-state index in [9.17, 15) is 4.79 Å². The van der Waals surface area contributed by atoms with Gasteiger partial charge < -0.3 is 4.90 Å². The Morgan fingerprint density at radius 2 is 1.83 bits per heavy atom. The molecule has 0 N–H and O–H groups in total. The summed E-state index contributed by atoms with van der Waals surface area (Å²) in [4.78, 5) is 14.3. The van der Waals surface area contributed by atoms with Crippen molar-refractivity contribution in [3.8, 4) is 0 Å². The highest BCUT2D eigenvalue weighted by Crippen LogP contribution is 2.18. The highest BCUT2D eigenvalue weighted by Gasteiger charge is 2.21. The SMILES string of the molecule is CCCc1ccc(C(=O)N2CCC(C)CC2)cc1. The highest BCUT2D eigenvalue weighted by molar-refractivity contribution is 5.94. The Morgan fingerprint density at radius 1 is 1.22 bits per heavy atom. The summed E-state index contributed by atoms with van der Waals surface area (Å²) in [7, 11) is 0. The van der Waals surface area contributed by atoms with Crippen LogP contribution >= 0.6 is 0 Å². The summed E-state index contributed by atoms with van der Waals surface area (Å²) >= 11 is 0. The van der Waals surface area contributed by atoms with Crippen molar-refractivity contribution >= 4 is 5.91 Å². The molecular formula is C16H23NO. The standard InChI is InChI=1S/C16H23NO/c1-3-4-14-5-7-15(8-6-14)16(18)17-11-9-13(2)10-12-17/h5-8,13H,3-4,9-12H2,1-2H3. The highest BCUT2D eigenvalue weighted by atomic mass is 16.2. The molecule has 1 heterocycles. The maximum atomic E-state index is 12.3. The molecule has 98 valence electrons. The first kappa shape index (κ1) is 13.1. The molecule has 0 aromatic heterocycles. The molecule has 2 heteroatoms. The second kappa shape index (κ2) is 6.03. The number of benzene rings is 1. The molecule has 1 saturated heterocycles. The zero-order valence-corrected chi connectivity index (χ0v) is 11.5. The molecule has 1 aromatic rings. The lowest BCUT2D eigenvalue weighted by Gasteiger charge is -2.30. The largest absolute Gasteiger partial charge is 0.339 e. The monoisotopic (exact) mass is 245 g/mol. The third-order valence-corrected chi connectivity index (χ3v) is 3.81. The fourth-order valence-corrected chi connectivity index (χ4v) is 2.50. The van der Waals surface area contributed by atoms with Gasteiger partial charge in [-0.3, -0.25) is 4.79 Å². The lowest BCUT2D eigenvalue weighted by atomic mass is 9.98. The summed E-state index contributed by atoms with van der Waals surface area (Å²) < 4.78 is 0. The van der Waals surface area contributed by atoms with E-state index in [4.69, 9.17) is 0 Å². The van der Waals surface area contributed by atoms with Crippen LogP contribution < -0.4 is 0 Å². The number of piperidine rings is 1. The Morgan fingerprint density at radius 3 is 2.39 bits per heavy atom. The Labute approximate surface area is 110 Å². The van der Waals surface area contributed by atoms with Gasteiger partial charge >= 0.3 is 0 Å². The number of nitrogens with zero attached hydrogens (tertiary/aromatic N) is 1. The number of hydrogen-bond donors (Lipinski definition) is 0. The number of carbonyl (C=O) groups is 1. The summed E-state index contributed by atoms with van der Waals surface area (Å²) in [5.74, 6) is 0.964. The van der Waals surface area contributed by atoms with Gasteiger partial charge in [-0.1, -0.05) is 32.4 Å². The molecule has 0 bridgehead atoms. The van der Waals surface area contributed by atoms with E-state index in [1.54, 1.807) is 0 Å². The van der Waals surface area contributed by atoms with Crippen molar-refractivity contribution in [2.75, 3.05) is 13.1 Å². The van der Waals surface area contributed by atoms with Crippen molar-refractivity contribution in [2.45, 2.75) is 39.5 Å². The zero-order valence-electron chi connectivity index (χ0n) is 11.5. The molecule has 0 saturated carbocycles. The van der Waals surface area contributed by atoms with Gasteiger partial charge in [-0.15, -0.1) is 0 Å². The van der Waals surface area contributed by atoms with Crippen LogP contribution in [0.2, 0.25) is 0 Å². The van der Waals surface area contributed by atoms with E-state index in [0.29, 0.717) is 0 Å². The number of amides is 1. The molecule has 0 radical (unpaired) electrons. The number of hydrogen-bond acceptors (Lipinski definition) is 1. The van der Waals surface area contributed by atoms with E-state index in [0.717, 1.165) is 50.3 Å². The lowest BCUT2D eigenvalue weighted by Crippen LogP contribution is -2.37. The van der Waals surface area contributed by atoms with Crippen LogP contribution in [0.1, 0.15) is 49.0 Å². The van der Waals surface area contributed by atoms with Gasteiger partial charge in [-0.2, -0.15) is 0 Å². The van der Waals surface area contributed by atoms with Gasteiger partial charge in [0.2, 0.25) is 0 Å².